The molecule has 0 saturated heterocycles. The van der Waals surface area contributed by atoms with E-state index in [1.807, 2.05) is 0 Å². The maximum Gasteiger partial charge on any atom is 0.0579 e. The predicted octanol–water partition coefficient (Wildman–Crippen LogP) is 4.65. The minimum absolute atomic E-state index is 0.352. The molecule has 1 N–H and O–H groups in total. The van der Waals surface area contributed by atoms with Crippen molar-refractivity contribution in [2.45, 2.75) is 38.1 Å². The Morgan fingerprint density at radius 3 is 2.40 bits per heavy atom. The summed E-state index contributed by atoms with van der Waals surface area (Å²) < 4.78 is 0. The summed E-state index contributed by atoms with van der Waals surface area (Å²) >= 11 is 0. The molecular weight excluding hydrogens is 242 g/mol. The van der Waals surface area contributed by atoms with Gasteiger partial charge in [0, 0.05) is 6.54 Å². The molecule has 1 heterocycles. The Labute approximate surface area is 122 Å². The van der Waals surface area contributed by atoms with Crippen LogP contribution in [0.4, 0.5) is 0 Å². The highest BCUT2D eigenvalue weighted by Crippen LogP contribution is 2.35. The summed E-state index contributed by atoms with van der Waals surface area (Å²) in [5.41, 5.74) is 4.38. The lowest BCUT2D eigenvalue weighted by Crippen LogP contribution is -2.33. The molecule has 1 nitrogen and oxygen atoms in total. The molecule has 1 aliphatic rings. The number of hydrogen-bond donors (Lipinski definition) is 1. The molecule has 0 aliphatic carbocycles. The van der Waals surface area contributed by atoms with Crippen LogP contribution >= 0.6 is 0 Å². The summed E-state index contributed by atoms with van der Waals surface area (Å²) in [6.45, 7) is 3.37. The molecule has 2 aromatic rings. The van der Waals surface area contributed by atoms with E-state index in [2.05, 4.69) is 66.8 Å². The van der Waals surface area contributed by atoms with E-state index in [1.165, 1.54) is 30.4 Å². The summed E-state index contributed by atoms with van der Waals surface area (Å²) in [4.78, 5) is 0. The van der Waals surface area contributed by atoms with Crippen molar-refractivity contribution >= 4 is 0 Å². The zero-order chi connectivity index (χ0) is 13.8. The Bertz CT molecular complexity index is 547. The molecule has 0 fully saturated rings. The fraction of sp³-hybridized carbons (Fsp3) is 0.368. The third-order valence-corrected chi connectivity index (χ3v) is 4.35. The van der Waals surface area contributed by atoms with Crippen LogP contribution < -0.4 is 5.32 Å². The average molecular weight is 265 g/mol. The van der Waals surface area contributed by atoms with E-state index >= 15 is 0 Å². The molecule has 0 amide bonds. The van der Waals surface area contributed by atoms with Gasteiger partial charge >= 0.3 is 0 Å². The van der Waals surface area contributed by atoms with Gasteiger partial charge in [-0.25, -0.2) is 0 Å². The predicted molar refractivity (Wildman–Crippen MR) is 85.0 cm³/mol. The Hall–Kier alpha value is -1.60. The Morgan fingerprint density at radius 2 is 1.65 bits per heavy atom. The highest BCUT2D eigenvalue weighted by molar-refractivity contribution is 5.41. The van der Waals surface area contributed by atoms with Gasteiger partial charge in [-0.3, -0.25) is 0 Å². The lowest BCUT2D eigenvalue weighted by Gasteiger charge is -2.33. The molecule has 1 aliphatic heterocycles. The topological polar surface area (TPSA) is 12.0 Å². The van der Waals surface area contributed by atoms with Crippen LogP contribution in [0.25, 0.3) is 0 Å². The second-order valence-corrected chi connectivity index (χ2v) is 5.72. The molecule has 20 heavy (non-hydrogen) atoms. The number of nitrogens with one attached hydrogen (secondary N) is 1. The van der Waals surface area contributed by atoms with Crippen LogP contribution in [0.2, 0.25) is 0 Å². The van der Waals surface area contributed by atoms with Gasteiger partial charge in [0.05, 0.1) is 6.04 Å². The van der Waals surface area contributed by atoms with Gasteiger partial charge < -0.3 is 5.32 Å². The van der Waals surface area contributed by atoms with Crippen LogP contribution in [-0.2, 0) is 0 Å². The van der Waals surface area contributed by atoms with E-state index in [9.17, 15) is 0 Å². The van der Waals surface area contributed by atoms with Gasteiger partial charge in [-0.05, 0) is 29.0 Å². The van der Waals surface area contributed by atoms with Crippen molar-refractivity contribution in [3.8, 4) is 0 Å². The van der Waals surface area contributed by atoms with Crippen molar-refractivity contribution in [3.05, 3.63) is 71.3 Å². The van der Waals surface area contributed by atoms with Crippen LogP contribution in [-0.4, -0.2) is 6.54 Å². The second-order valence-electron chi connectivity index (χ2n) is 5.72. The van der Waals surface area contributed by atoms with Gasteiger partial charge in [0.15, 0.2) is 0 Å². The molecule has 0 spiro atoms. The average Bonchev–Trinajstić information content (AvgIpc) is 2.53. The third kappa shape index (κ3) is 2.64. The minimum atomic E-state index is 0.352. The Kier molecular flexibility index (Phi) is 4.17. The van der Waals surface area contributed by atoms with Gasteiger partial charge in [-0.1, -0.05) is 74.4 Å². The summed E-state index contributed by atoms with van der Waals surface area (Å²) in [5, 5.41) is 3.75. The first-order chi connectivity index (χ1) is 9.90. The van der Waals surface area contributed by atoms with E-state index < -0.39 is 0 Å². The van der Waals surface area contributed by atoms with E-state index in [0.717, 1.165) is 6.54 Å². The van der Waals surface area contributed by atoms with Crippen LogP contribution in [0, 0.1) is 0 Å². The van der Waals surface area contributed by atoms with Crippen LogP contribution in [0.1, 0.15) is 54.8 Å². The standard InChI is InChI=1S/C19H23N/c1-2-3-9-16-14-20-19(15-10-5-4-6-11-15)18-13-8-7-12-17(16)18/h4-8,10-13,16,19-20H,2-3,9,14H2,1H3/t16-,19+/m0/s1. The second kappa shape index (κ2) is 6.23. The molecule has 3 rings (SSSR count). The van der Waals surface area contributed by atoms with Crippen molar-refractivity contribution in [2.24, 2.45) is 0 Å². The molecule has 1 heteroatoms. The molecule has 2 atom stereocenters. The monoisotopic (exact) mass is 265 g/mol. The first-order valence-electron chi connectivity index (χ1n) is 7.77. The Balaban J connectivity index is 1.93. The van der Waals surface area contributed by atoms with Crippen molar-refractivity contribution in [2.75, 3.05) is 6.54 Å². The largest absolute Gasteiger partial charge is 0.306 e. The van der Waals surface area contributed by atoms with Gasteiger partial charge in [-0.2, -0.15) is 0 Å². The Morgan fingerprint density at radius 1 is 0.950 bits per heavy atom. The highest BCUT2D eigenvalue weighted by atomic mass is 14.9. The maximum absolute atomic E-state index is 3.75. The molecule has 0 bridgehead atoms. The molecule has 0 saturated carbocycles. The van der Waals surface area contributed by atoms with Gasteiger partial charge in [0.25, 0.3) is 0 Å². The number of benzene rings is 2. The first-order valence-corrected chi connectivity index (χ1v) is 7.77. The van der Waals surface area contributed by atoms with E-state index in [-0.39, 0.29) is 0 Å². The molecule has 0 radical (unpaired) electrons. The van der Waals surface area contributed by atoms with Crippen LogP contribution in [0.5, 0.6) is 0 Å². The number of rotatable bonds is 4. The van der Waals surface area contributed by atoms with Gasteiger partial charge in [-0.15, -0.1) is 0 Å². The number of unbranched alkanes of at least 4 members (excludes halogenated alkanes) is 1. The zero-order valence-corrected chi connectivity index (χ0v) is 12.2. The SMILES string of the molecule is CCCC[C@H]1CN[C@H](c2ccccc2)c2ccccc21. The van der Waals surface area contributed by atoms with Crippen molar-refractivity contribution in [1.82, 2.24) is 5.32 Å². The summed E-state index contributed by atoms with van der Waals surface area (Å²) in [6.07, 6.45) is 3.89. The molecule has 0 aromatic heterocycles. The molecule has 104 valence electrons. The van der Waals surface area contributed by atoms with E-state index in [0.29, 0.717) is 12.0 Å². The van der Waals surface area contributed by atoms with Crippen molar-refractivity contribution in [1.29, 1.82) is 0 Å². The minimum Gasteiger partial charge on any atom is -0.306 e. The molecule has 2 aromatic carbocycles. The summed E-state index contributed by atoms with van der Waals surface area (Å²) in [6, 6.07) is 20.1. The number of fused-ring (bicyclic) bond motifs is 1. The summed E-state index contributed by atoms with van der Waals surface area (Å²) in [7, 11) is 0. The maximum atomic E-state index is 3.75. The van der Waals surface area contributed by atoms with E-state index in [4.69, 9.17) is 0 Å². The van der Waals surface area contributed by atoms with Gasteiger partial charge in [0.2, 0.25) is 0 Å². The zero-order valence-electron chi connectivity index (χ0n) is 12.2. The van der Waals surface area contributed by atoms with E-state index in [1.54, 1.807) is 5.56 Å². The lowest BCUT2D eigenvalue weighted by molar-refractivity contribution is 0.464. The quantitative estimate of drug-likeness (QED) is 0.848. The van der Waals surface area contributed by atoms with Crippen LogP contribution in [0.3, 0.4) is 0 Å². The smallest absolute Gasteiger partial charge is 0.0579 e. The van der Waals surface area contributed by atoms with Gasteiger partial charge in [0.1, 0.15) is 0 Å². The normalized spacial score (nSPS) is 21.4. The third-order valence-electron chi connectivity index (χ3n) is 4.35. The lowest BCUT2D eigenvalue weighted by atomic mass is 9.82. The fourth-order valence-corrected chi connectivity index (χ4v) is 3.28. The molecular formula is C19H23N. The fourth-order valence-electron chi connectivity index (χ4n) is 3.28. The number of hydrogen-bond acceptors (Lipinski definition) is 1. The van der Waals surface area contributed by atoms with Crippen LogP contribution in [0.15, 0.2) is 54.6 Å². The first kappa shape index (κ1) is 13.4. The van der Waals surface area contributed by atoms with Crippen molar-refractivity contribution < 1.29 is 0 Å². The highest BCUT2D eigenvalue weighted by Gasteiger charge is 2.26. The molecule has 0 unspecified atom stereocenters. The summed E-state index contributed by atoms with van der Waals surface area (Å²) in [5.74, 6) is 0.672. The van der Waals surface area contributed by atoms with Crippen molar-refractivity contribution in [3.63, 3.8) is 0 Å².